The van der Waals surface area contributed by atoms with Gasteiger partial charge in [-0.25, -0.2) is 0 Å². The van der Waals surface area contributed by atoms with E-state index in [1.165, 1.54) is 4.90 Å². The molecule has 23 heavy (non-hydrogen) atoms. The Labute approximate surface area is 140 Å². The zero-order valence-electron chi connectivity index (χ0n) is 13.3. The maximum Gasteiger partial charge on any atom is 0.243 e. The fourth-order valence-corrected chi connectivity index (χ4v) is 3.84. The second-order valence-electron chi connectivity index (χ2n) is 5.55. The van der Waals surface area contributed by atoms with Gasteiger partial charge in [0.2, 0.25) is 5.91 Å². The number of carbonyl (C=O) groups is 1. The Morgan fingerprint density at radius 1 is 1.26 bits per heavy atom. The number of nitrogens with one attached hydrogen (secondary N) is 1. The number of ether oxygens (including phenoxy) is 1. The summed E-state index contributed by atoms with van der Waals surface area (Å²) in [5, 5.41) is 3.41. The number of thioether (sulfide) groups is 1. The minimum atomic E-state index is -0.0101. The molecule has 2 aromatic rings. The summed E-state index contributed by atoms with van der Waals surface area (Å²) in [5.41, 5.74) is 1.92. The van der Waals surface area contributed by atoms with E-state index in [1.54, 1.807) is 7.11 Å². The fourth-order valence-electron chi connectivity index (χ4n) is 2.68. The molecular formula is C18H20N2O2S. The van der Waals surface area contributed by atoms with Crippen LogP contribution >= 0.6 is 11.8 Å². The van der Waals surface area contributed by atoms with E-state index in [1.807, 2.05) is 48.2 Å². The number of benzene rings is 2. The third-order valence-corrected chi connectivity index (χ3v) is 4.87. The molecular weight excluding hydrogens is 308 g/mol. The van der Waals surface area contributed by atoms with Gasteiger partial charge < -0.3 is 15.0 Å². The normalized spacial score (nSPS) is 16.6. The quantitative estimate of drug-likeness (QED) is 0.930. The van der Waals surface area contributed by atoms with Crippen molar-refractivity contribution < 1.29 is 9.53 Å². The Kier molecular flexibility index (Phi) is 4.76. The van der Waals surface area contributed by atoms with Gasteiger partial charge in [-0.3, -0.25) is 4.79 Å². The Morgan fingerprint density at radius 3 is 2.74 bits per heavy atom. The van der Waals surface area contributed by atoms with Gasteiger partial charge in [0.1, 0.15) is 5.75 Å². The Morgan fingerprint density at radius 2 is 2.00 bits per heavy atom. The largest absolute Gasteiger partial charge is 0.497 e. The van der Waals surface area contributed by atoms with Crippen molar-refractivity contribution >= 4 is 29.0 Å². The highest BCUT2D eigenvalue weighted by Crippen LogP contribution is 2.37. The lowest BCUT2D eigenvalue weighted by Gasteiger charge is -2.33. The molecule has 0 saturated heterocycles. The molecule has 1 aliphatic heterocycles. The molecule has 2 aromatic carbocycles. The van der Waals surface area contributed by atoms with Gasteiger partial charge in [-0.05, 0) is 36.4 Å². The molecule has 0 bridgehead atoms. The lowest BCUT2D eigenvalue weighted by molar-refractivity contribution is -0.115. The number of rotatable bonds is 4. The number of hydrogen-bond donors (Lipinski definition) is 1. The summed E-state index contributed by atoms with van der Waals surface area (Å²) in [4.78, 5) is 15.7. The van der Waals surface area contributed by atoms with Gasteiger partial charge in [-0.1, -0.05) is 19.1 Å². The summed E-state index contributed by atoms with van der Waals surface area (Å²) in [6.45, 7) is 3.42. The van der Waals surface area contributed by atoms with Gasteiger partial charge in [-0.2, -0.15) is 0 Å². The van der Waals surface area contributed by atoms with Crippen LogP contribution in [0.1, 0.15) is 6.92 Å². The summed E-state index contributed by atoms with van der Waals surface area (Å²) in [5.74, 6) is 0.767. The maximum atomic E-state index is 12.4. The topological polar surface area (TPSA) is 41.6 Å². The smallest absolute Gasteiger partial charge is 0.243 e. The monoisotopic (exact) mass is 328 g/mol. The molecule has 1 aliphatic rings. The van der Waals surface area contributed by atoms with E-state index in [9.17, 15) is 4.79 Å². The molecule has 0 fully saturated rings. The Hall–Kier alpha value is -2.14. The SMILES string of the molecule is COc1ccc(NC(=O)CN2CC(C)Sc3ccccc32)cc1. The van der Waals surface area contributed by atoms with Crippen LogP contribution in [-0.2, 0) is 4.79 Å². The van der Waals surface area contributed by atoms with Crippen molar-refractivity contribution in [2.45, 2.75) is 17.1 Å². The number of hydrogen-bond acceptors (Lipinski definition) is 4. The van der Waals surface area contributed by atoms with Gasteiger partial charge in [0.05, 0.1) is 19.3 Å². The van der Waals surface area contributed by atoms with Crippen LogP contribution in [0.5, 0.6) is 5.75 Å². The zero-order chi connectivity index (χ0) is 16.2. The number of nitrogens with zero attached hydrogens (tertiary/aromatic N) is 1. The van der Waals surface area contributed by atoms with Crippen LogP contribution in [0.2, 0.25) is 0 Å². The summed E-state index contributed by atoms with van der Waals surface area (Å²) in [7, 11) is 1.63. The first-order valence-electron chi connectivity index (χ1n) is 7.60. The molecule has 3 rings (SSSR count). The number of methoxy groups -OCH3 is 1. The van der Waals surface area contributed by atoms with Crippen molar-refractivity contribution in [3.8, 4) is 5.75 Å². The summed E-state index contributed by atoms with van der Waals surface area (Å²) < 4.78 is 5.12. The molecule has 0 aliphatic carbocycles. The fraction of sp³-hybridized carbons (Fsp3) is 0.278. The first-order chi connectivity index (χ1) is 11.2. The van der Waals surface area contributed by atoms with Crippen molar-refractivity contribution in [2.24, 2.45) is 0 Å². The summed E-state index contributed by atoms with van der Waals surface area (Å²) in [6, 6.07) is 15.6. The van der Waals surface area contributed by atoms with E-state index < -0.39 is 0 Å². The van der Waals surface area contributed by atoms with Crippen molar-refractivity contribution in [1.82, 2.24) is 0 Å². The zero-order valence-corrected chi connectivity index (χ0v) is 14.1. The number of amides is 1. The van der Waals surface area contributed by atoms with Crippen LogP contribution in [0.4, 0.5) is 11.4 Å². The first kappa shape index (κ1) is 15.7. The van der Waals surface area contributed by atoms with Crippen molar-refractivity contribution in [2.75, 3.05) is 30.4 Å². The van der Waals surface area contributed by atoms with Crippen LogP contribution in [-0.4, -0.2) is 31.4 Å². The molecule has 1 unspecified atom stereocenters. The van der Waals surface area contributed by atoms with E-state index in [4.69, 9.17) is 4.74 Å². The van der Waals surface area contributed by atoms with Gasteiger partial charge in [-0.15, -0.1) is 11.8 Å². The van der Waals surface area contributed by atoms with Gasteiger partial charge in [0, 0.05) is 22.4 Å². The molecule has 1 atom stereocenters. The Balaban J connectivity index is 1.67. The number of carbonyl (C=O) groups excluding carboxylic acids is 1. The first-order valence-corrected chi connectivity index (χ1v) is 8.48. The second-order valence-corrected chi connectivity index (χ2v) is 7.03. The minimum absolute atomic E-state index is 0.0101. The predicted molar refractivity (Wildman–Crippen MR) is 95.6 cm³/mol. The lowest BCUT2D eigenvalue weighted by atomic mass is 10.2. The van der Waals surface area contributed by atoms with E-state index >= 15 is 0 Å². The number of para-hydroxylation sites is 1. The molecule has 0 aromatic heterocycles. The minimum Gasteiger partial charge on any atom is -0.497 e. The second kappa shape index (κ2) is 6.96. The average molecular weight is 328 g/mol. The highest BCUT2D eigenvalue weighted by atomic mass is 32.2. The molecule has 0 radical (unpaired) electrons. The van der Waals surface area contributed by atoms with Crippen molar-refractivity contribution in [1.29, 1.82) is 0 Å². The van der Waals surface area contributed by atoms with Crippen LogP contribution < -0.4 is 15.0 Å². The van der Waals surface area contributed by atoms with E-state index in [0.717, 1.165) is 23.7 Å². The van der Waals surface area contributed by atoms with E-state index in [2.05, 4.69) is 29.3 Å². The highest BCUT2D eigenvalue weighted by Gasteiger charge is 2.23. The molecule has 4 nitrogen and oxygen atoms in total. The standard InChI is InChI=1S/C18H20N2O2S/c1-13-11-20(16-5-3-4-6-17(16)23-13)12-18(21)19-14-7-9-15(22-2)10-8-14/h3-10,13H,11-12H2,1-2H3,(H,19,21). The molecule has 1 heterocycles. The van der Waals surface area contributed by atoms with E-state index in [0.29, 0.717) is 11.8 Å². The maximum absolute atomic E-state index is 12.4. The van der Waals surface area contributed by atoms with Gasteiger partial charge >= 0.3 is 0 Å². The van der Waals surface area contributed by atoms with Crippen LogP contribution in [0.3, 0.4) is 0 Å². The molecule has 5 heteroatoms. The third-order valence-electron chi connectivity index (χ3n) is 3.72. The summed E-state index contributed by atoms with van der Waals surface area (Å²) >= 11 is 1.86. The van der Waals surface area contributed by atoms with Crippen LogP contribution in [0.25, 0.3) is 0 Å². The molecule has 0 saturated carbocycles. The van der Waals surface area contributed by atoms with E-state index in [-0.39, 0.29) is 5.91 Å². The molecule has 1 amide bonds. The van der Waals surface area contributed by atoms with Crippen LogP contribution in [0.15, 0.2) is 53.4 Å². The third kappa shape index (κ3) is 3.79. The Bertz CT molecular complexity index is 688. The van der Waals surface area contributed by atoms with Crippen LogP contribution in [0, 0.1) is 0 Å². The molecule has 120 valence electrons. The highest BCUT2D eigenvalue weighted by molar-refractivity contribution is 8.00. The van der Waals surface area contributed by atoms with Gasteiger partial charge in [0.15, 0.2) is 0 Å². The lowest BCUT2D eigenvalue weighted by Crippen LogP contribution is -2.39. The average Bonchev–Trinajstić information content (AvgIpc) is 2.55. The number of anilines is 2. The molecule has 0 spiro atoms. The molecule has 1 N–H and O–H groups in total. The summed E-state index contributed by atoms with van der Waals surface area (Å²) in [6.07, 6.45) is 0. The van der Waals surface area contributed by atoms with Gasteiger partial charge in [0.25, 0.3) is 0 Å². The predicted octanol–water partition coefficient (Wildman–Crippen LogP) is 3.63. The van der Waals surface area contributed by atoms with Crippen molar-refractivity contribution in [3.05, 3.63) is 48.5 Å². The number of fused-ring (bicyclic) bond motifs is 1. The van der Waals surface area contributed by atoms with Crippen molar-refractivity contribution in [3.63, 3.8) is 0 Å².